The van der Waals surface area contributed by atoms with Crippen LogP contribution in [0.1, 0.15) is 53.7 Å². The van der Waals surface area contributed by atoms with Crippen LogP contribution in [0.4, 0.5) is 5.82 Å². The van der Waals surface area contributed by atoms with Gasteiger partial charge in [-0.3, -0.25) is 14.4 Å². The first-order valence-electron chi connectivity index (χ1n) is 9.30. The average molecular weight is 414 g/mol. The van der Waals surface area contributed by atoms with Crippen LogP contribution in [0, 0.1) is 6.92 Å². The van der Waals surface area contributed by atoms with E-state index in [2.05, 4.69) is 10.5 Å². The van der Waals surface area contributed by atoms with Crippen LogP contribution in [0.3, 0.4) is 0 Å². The Balaban J connectivity index is 2.61. The largest absolute Gasteiger partial charge is 0.459 e. The summed E-state index contributed by atoms with van der Waals surface area (Å²) in [5.41, 5.74) is -0.609. The zero-order chi connectivity index (χ0) is 21.5. The predicted molar refractivity (Wildman–Crippen MR) is 109 cm³/mol. The van der Waals surface area contributed by atoms with Crippen molar-refractivity contribution in [1.29, 1.82) is 0 Å². The molecule has 8 nitrogen and oxygen atoms in total. The summed E-state index contributed by atoms with van der Waals surface area (Å²) >= 11 is 1.20. The molecule has 28 heavy (non-hydrogen) atoms. The van der Waals surface area contributed by atoms with Crippen molar-refractivity contribution in [3.05, 3.63) is 11.8 Å². The molecule has 158 valence electrons. The number of hydrogen-bond acceptors (Lipinski definition) is 7. The van der Waals surface area contributed by atoms with E-state index in [0.29, 0.717) is 18.0 Å². The zero-order valence-corrected chi connectivity index (χ0v) is 18.5. The molecule has 0 saturated carbocycles. The smallest absolute Gasteiger partial charge is 0.326 e. The molecule has 2 amide bonds. The van der Waals surface area contributed by atoms with E-state index in [4.69, 9.17) is 9.26 Å². The summed E-state index contributed by atoms with van der Waals surface area (Å²) < 4.78 is 10.2. The van der Waals surface area contributed by atoms with E-state index < -0.39 is 16.8 Å². The number of carbonyl (C=O) groups excluding carboxylic acids is 3. The molecule has 1 aromatic rings. The third-order valence-corrected chi connectivity index (χ3v) is 5.00. The Kier molecular flexibility index (Phi) is 9.00. The van der Waals surface area contributed by atoms with Crippen LogP contribution < -0.4 is 5.32 Å². The molecule has 0 fully saturated rings. The van der Waals surface area contributed by atoms with E-state index in [1.807, 2.05) is 13.8 Å². The van der Waals surface area contributed by atoms with Gasteiger partial charge < -0.3 is 19.5 Å². The summed E-state index contributed by atoms with van der Waals surface area (Å²) in [7, 11) is 0. The van der Waals surface area contributed by atoms with Crippen LogP contribution in [0.15, 0.2) is 10.6 Å². The number of carbonyl (C=O) groups is 3. The number of esters is 1. The Morgan fingerprint density at radius 2 is 1.96 bits per heavy atom. The van der Waals surface area contributed by atoms with Gasteiger partial charge in [-0.05, 0) is 48.0 Å². The van der Waals surface area contributed by atoms with Gasteiger partial charge >= 0.3 is 5.97 Å². The number of hydrogen-bond donors (Lipinski definition) is 1. The van der Waals surface area contributed by atoms with E-state index in [1.165, 1.54) is 16.7 Å². The number of rotatable bonds is 9. The number of amides is 2. The molecular formula is C19H31N3O5S. The first-order valence-corrected chi connectivity index (χ1v) is 10.3. The Bertz CT molecular complexity index is 683. The fourth-order valence-corrected chi connectivity index (χ4v) is 3.00. The van der Waals surface area contributed by atoms with Crippen molar-refractivity contribution < 1.29 is 23.6 Å². The standard InChI is InChI=1S/C19H31N3O5S/c1-8-12(2)22(10-17(24)26-19(5,6)7)16(23)11-28-14(4)18(25)20-15-9-13(3)27-21-15/h9,12,14H,8,10-11H2,1-7H3,(H,20,21,25)/t12-,14-/m0/s1. The number of thioether (sulfide) groups is 1. The van der Waals surface area contributed by atoms with Crippen LogP contribution in [0.25, 0.3) is 0 Å². The lowest BCUT2D eigenvalue weighted by Gasteiger charge is -2.29. The van der Waals surface area contributed by atoms with E-state index in [0.717, 1.165) is 0 Å². The molecule has 0 saturated heterocycles. The molecule has 0 radical (unpaired) electrons. The summed E-state index contributed by atoms with van der Waals surface area (Å²) in [5, 5.41) is 5.89. The molecule has 0 unspecified atom stereocenters. The van der Waals surface area contributed by atoms with Gasteiger partial charge in [-0.15, -0.1) is 11.8 Å². The monoisotopic (exact) mass is 413 g/mol. The molecule has 2 atom stereocenters. The quantitative estimate of drug-likeness (QED) is 0.621. The average Bonchev–Trinajstić information content (AvgIpc) is 2.99. The van der Waals surface area contributed by atoms with Crippen molar-refractivity contribution >= 4 is 35.4 Å². The summed E-state index contributed by atoms with van der Waals surface area (Å²) in [5.74, 6) is 0.0953. The summed E-state index contributed by atoms with van der Waals surface area (Å²) in [4.78, 5) is 38.5. The van der Waals surface area contributed by atoms with Crippen molar-refractivity contribution in [3.8, 4) is 0 Å². The molecule has 0 spiro atoms. The van der Waals surface area contributed by atoms with Gasteiger partial charge in [0, 0.05) is 12.1 Å². The minimum atomic E-state index is -0.609. The molecule has 1 aromatic heterocycles. The number of aromatic nitrogens is 1. The number of anilines is 1. The zero-order valence-electron chi connectivity index (χ0n) is 17.7. The van der Waals surface area contributed by atoms with Gasteiger partial charge in [0.25, 0.3) is 0 Å². The third kappa shape index (κ3) is 8.33. The molecule has 0 aliphatic carbocycles. The van der Waals surface area contributed by atoms with Gasteiger partial charge in [-0.25, -0.2) is 0 Å². The Labute approximate surface area is 170 Å². The Morgan fingerprint density at radius 3 is 2.46 bits per heavy atom. The van der Waals surface area contributed by atoms with Gasteiger partial charge in [0.2, 0.25) is 11.8 Å². The number of aryl methyl sites for hydroxylation is 1. The number of ether oxygens (including phenoxy) is 1. The number of nitrogens with zero attached hydrogens (tertiary/aromatic N) is 2. The molecule has 0 aliphatic rings. The highest BCUT2D eigenvalue weighted by Crippen LogP contribution is 2.17. The molecule has 1 rings (SSSR count). The highest BCUT2D eigenvalue weighted by molar-refractivity contribution is 8.01. The van der Waals surface area contributed by atoms with E-state index in [1.54, 1.807) is 40.7 Å². The van der Waals surface area contributed by atoms with Crippen molar-refractivity contribution in [2.75, 3.05) is 17.6 Å². The van der Waals surface area contributed by atoms with Gasteiger partial charge in [0.05, 0.1) is 11.0 Å². The van der Waals surface area contributed by atoms with Crippen molar-refractivity contribution in [3.63, 3.8) is 0 Å². The van der Waals surface area contributed by atoms with Crippen molar-refractivity contribution in [1.82, 2.24) is 10.1 Å². The maximum absolute atomic E-state index is 12.7. The van der Waals surface area contributed by atoms with Gasteiger partial charge in [0.1, 0.15) is 17.9 Å². The minimum Gasteiger partial charge on any atom is -0.459 e. The normalized spacial score (nSPS) is 13.5. The topological polar surface area (TPSA) is 102 Å². The maximum atomic E-state index is 12.7. The molecule has 0 bridgehead atoms. The highest BCUT2D eigenvalue weighted by Gasteiger charge is 2.26. The Morgan fingerprint density at radius 1 is 1.32 bits per heavy atom. The SMILES string of the molecule is CC[C@H](C)N(CC(=O)OC(C)(C)C)C(=O)CS[C@@H](C)C(=O)Nc1cc(C)on1. The third-order valence-electron chi connectivity index (χ3n) is 3.87. The molecule has 1 N–H and O–H groups in total. The van der Waals surface area contributed by atoms with Crippen molar-refractivity contribution in [2.45, 2.75) is 71.8 Å². The Hall–Kier alpha value is -2.03. The molecular weight excluding hydrogens is 382 g/mol. The molecule has 0 aromatic carbocycles. The highest BCUT2D eigenvalue weighted by atomic mass is 32.2. The maximum Gasteiger partial charge on any atom is 0.326 e. The summed E-state index contributed by atoms with van der Waals surface area (Å²) in [6.45, 7) is 12.5. The first-order chi connectivity index (χ1) is 12.9. The van der Waals surface area contributed by atoms with Gasteiger partial charge in [-0.1, -0.05) is 12.1 Å². The van der Waals surface area contributed by atoms with Crippen LogP contribution in [0.2, 0.25) is 0 Å². The second-order valence-corrected chi connectivity index (χ2v) is 8.96. The van der Waals surface area contributed by atoms with E-state index in [9.17, 15) is 14.4 Å². The first kappa shape index (κ1) is 24.0. The predicted octanol–water partition coefficient (Wildman–Crippen LogP) is 3.01. The van der Waals surface area contributed by atoms with E-state index in [-0.39, 0.29) is 30.2 Å². The lowest BCUT2D eigenvalue weighted by atomic mass is 10.2. The van der Waals surface area contributed by atoms with Crippen LogP contribution in [-0.2, 0) is 19.1 Å². The van der Waals surface area contributed by atoms with E-state index >= 15 is 0 Å². The minimum absolute atomic E-state index is 0.0829. The fourth-order valence-electron chi connectivity index (χ4n) is 2.23. The summed E-state index contributed by atoms with van der Waals surface area (Å²) in [6, 6.07) is 1.51. The second-order valence-electron chi connectivity index (χ2n) is 7.63. The van der Waals surface area contributed by atoms with Crippen LogP contribution in [-0.4, -0.2) is 57.0 Å². The molecule has 1 heterocycles. The van der Waals surface area contributed by atoms with Crippen LogP contribution in [0.5, 0.6) is 0 Å². The van der Waals surface area contributed by atoms with Crippen LogP contribution >= 0.6 is 11.8 Å². The van der Waals surface area contributed by atoms with Crippen molar-refractivity contribution in [2.24, 2.45) is 0 Å². The second kappa shape index (κ2) is 10.5. The summed E-state index contributed by atoms with van der Waals surface area (Å²) in [6.07, 6.45) is 0.709. The molecule has 9 heteroatoms. The van der Waals surface area contributed by atoms with Gasteiger partial charge in [-0.2, -0.15) is 0 Å². The van der Waals surface area contributed by atoms with Gasteiger partial charge in [0.15, 0.2) is 5.82 Å². The fraction of sp³-hybridized carbons (Fsp3) is 0.684. The number of nitrogens with one attached hydrogen (secondary N) is 1. The molecule has 0 aliphatic heterocycles. The lowest BCUT2D eigenvalue weighted by Crippen LogP contribution is -2.44. The lowest BCUT2D eigenvalue weighted by molar-refractivity contribution is -0.159.